The first-order chi connectivity index (χ1) is 12.4. The Bertz CT molecular complexity index is 781. The van der Waals surface area contributed by atoms with Gasteiger partial charge in [0.25, 0.3) is 0 Å². The van der Waals surface area contributed by atoms with Crippen LogP contribution in [0.5, 0.6) is 5.75 Å². The fraction of sp³-hybridized carbons (Fsp3) is 0.353. The molecule has 1 saturated heterocycles. The maximum atomic E-state index is 13.0. The molecule has 1 atom stereocenters. The number of hydrogen-bond acceptors (Lipinski definition) is 6. The van der Waals surface area contributed by atoms with Gasteiger partial charge < -0.3 is 14.4 Å². The van der Waals surface area contributed by atoms with Crippen LogP contribution in [0.1, 0.15) is 22.5 Å². The average Bonchev–Trinajstić information content (AvgIpc) is 3.09. The van der Waals surface area contributed by atoms with Gasteiger partial charge in [-0.25, -0.2) is 4.79 Å². The Hall–Kier alpha value is -2.84. The third kappa shape index (κ3) is 3.87. The molecule has 0 saturated carbocycles. The second-order valence-corrected chi connectivity index (χ2v) is 5.74. The number of para-hydroxylation sites is 1. The van der Waals surface area contributed by atoms with Gasteiger partial charge in [-0.1, -0.05) is 12.1 Å². The molecule has 1 aromatic carbocycles. The molecule has 0 radical (unpaired) electrons. The number of alkyl halides is 3. The van der Waals surface area contributed by atoms with Crippen LogP contribution in [-0.4, -0.2) is 42.5 Å². The highest BCUT2D eigenvalue weighted by atomic mass is 19.4. The van der Waals surface area contributed by atoms with Gasteiger partial charge in [-0.15, -0.1) is 10.2 Å². The van der Waals surface area contributed by atoms with Crippen molar-refractivity contribution in [3.8, 4) is 5.75 Å². The van der Waals surface area contributed by atoms with Gasteiger partial charge in [0.2, 0.25) is 0 Å². The number of carbonyl (C=O) groups excluding carboxylic acids is 1. The summed E-state index contributed by atoms with van der Waals surface area (Å²) in [7, 11) is 1.25. The van der Waals surface area contributed by atoms with Gasteiger partial charge in [0.1, 0.15) is 11.9 Å². The van der Waals surface area contributed by atoms with Crippen molar-refractivity contribution in [1.82, 2.24) is 10.2 Å². The summed E-state index contributed by atoms with van der Waals surface area (Å²) in [6.07, 6.45) is -4.32. The van der Waals surface area contributed by atoms with Crippen LogP contribution in [0.4, 0.5) is 19.0 Å². The van der Waals surface area contributed by atoms with E-state index in [-0.39, 0.29) is 11.4 Å². The first kappa shape index (κ1) is 18.0. The second-order valence-electron chi connectivity index (χ2n) is 5.74. The van der Waals surface area contributed by atoms with Crippen LogP contribution in [0.15, 0.2) is 36.4 Å². The van der Waals surface area contributed by atoms with E-state index in [4.69, 9.17) is 4.74 Å². The van der Waals surface area contributed by atoms with Crippen molar-refractivity contribution in [2.45, 2.75) is 18.7 Å². The quantitative estimate of drug-likeness (QED) is 0.775. The predicted molar refractivity (Wildman–Crippen MR) is 86.1 cm³/mol. The highest BCUT2D eigenvalue weighted by molar-refractivity contribution is 5.86. The fourth-order valence-electron chi connectivity index (χ4n) is 2.72. The third-order valence-corrected chi connectivity index (χ3v) is 4.00. The van der Waals surface area contributed by atoms with Crippen molar-refractivity contribution in [3.05, 3.63) is 47.7 Å². The first-order valence-electron chi connectivity index (χ1n) is 7.88. The van der Waals surface area contributed by atoms with E-state index in [0.29, 0.717) is 25.3 Å². The average molecular weight is 367 g/mol. The molecule has 0 amide bonds. The molecule has 9 heteroatoms. The van der Waals surface area contributed by atoms with Gasteiger partial charge in [-0.3, -0.25) is 0 Å². The molecule has 138 valence electrons. The van der Waals surface area contributed by atoms with E-state index in [0.717, 1.165) is 6.07 Å². The van der Waals surface area contributed by atoms with Crippen molar-refractivity contribution in [2.75, 3.05) is 25.1 Å². The zero-order valence-corrected chi connectivity index (χ0v) is 13.9. The molecule has 2 heterocycles. The van der Waals surface area contributed by atoms with Crippen molar-refractivity contribution in [3.63, 3.8) is 0 Å². The second kappa shape index (κ2) is 7.19. The summed E-state index contributed by atoms with van der Waals surface area (Å²) in [6, 6.07) is 8.26. The molecule has 1 unspecified atom stereocenters. The zero-order chi connectivity index (χ0) is 18.7. The molecule has 0 spiro atoms. The molecular formula is C17H16F3N3O3. The zero-order valence-electron chi connectivity index (χ0n) is 13.9. The SMILES string of the molecule is COC(=O)c1ccc(N2CCC(Oc3ccccc3C(F)(F)F)C2)nn1. The van der Waals surface area contributed by atoms with Crippen LogP contribution >= 0.6 is 0 Å². The summed E-state index contributed by atoms with van der Waals surface area (Å²) in [4.78, 5) is 13.2. The maximum Gasteiger partial charge on any atom is 0.419 e. The summed E-state index contributed by atoms with van der Waals surface area (Å²) in [6.45, 7) is 0.934. The highest BCUT2D eigenvalue weighted by Crippen LogP contribution is 2.37. The molecule has 2 aromatic rings. The Morgan fingerprint density at radius 1 is 1.19 bits per heavy atom. The van der Waals surface area contributed by atoms with Crippen LogP contribution in [0.2, 0.25) is 0 Å². The number of aromatic nitrogens is 2. The Kier molecular flexibility index (Phi) is 4.97. The third-order valence-electron chi connectivity index (χ3n) is 4.00. The number of hydrogen-bond donors (Lipinski definition) is 0. The number of methoxy groups -OCH3 is 1. The molecule has 1 aliphatic heterocycles. The summed E-state index contributed by atoms with van der Waals surface area (Å²) in [5.41, 5.74) is -0.706. The minimum absolute atomic E-state index is 0.0855. The summed E-state index contributed by atoms with van der Waals surface area (Å²) in [5.74, 6) is -0.248. The van der Waals surface area contributed by atoms with Gasteiger partial charge in [-0.2, -0.15) is 13.2 Å². The number of esters is 1. The Morgan fingerprint density at radius 2 is 1.96 bits per heavy atom. The Morgan fingerprint density at radius 3 is 2.62 bits per heavy atom. The monoisotopic (exact) mass is 367 g/mol. The van der Waals surface area contributed by atoms with Crippen molar-refractivity contribution >= 4 is 11.8 Å². The molecule has 0 bridgehead atoms. The molecule has 1 aromatic heterocycles. The van der Waals surface area contributed by atoms with Crippen LogP contribution in [0, 0.1) is 0 Å². The molecular weight excluding hydrogens is 351 g/mol. The normalized spacial score (nSPS) is 17.2. The lowest BCUT2D eigenvalue weighted by Gasteiger charge is -2.19. The largest absolute Gasteiger partial charge is 0.488 e. The van der Waals surface area contributed by atoms with E-state index in [1.54, 1.807) is 6.07 Å². The summed E-state index contributed by atoms with van der Waals surface area (Å²) in [5, 5.41) is 7.76. The standard InChI is InChI=1S/C17H16F3N3O3/c1-25-16(24)13-6-7-15(22-21-13)23-9-8-11(10-23)26-14-5-3-2-4-12(14)17(18,19)20/h2-7,11H,8-10H2,1H3. The van der Waals surface area contributed by atoms with Crippen molar-refractivity contribution < 1.29 is 27.4 Å². The van der Waals surface area contributed by atoms with E-state index < -0.39 is 23.8 Å². The molecule has 6 nitrogen and oxygen atoms in total. The summed E-state index contributed by atoms with van der Waals surface area (Å²) < 4.78 is 49.3. The van der Waals surface area contributed by atoms with Gasteiger partial charge in [0.15, 0.2) is 11.5 Å². The van der Waals surface area contributed by atoms with Crippen molar-refractivity contribution in [2.24, 2.45) is 0 Å². The number of halogens is 3. The first-order valence-corrected chi connectivity index (χ1v) is 7.88. The Labute approximate surface area is 147 Å². The van der Waals surface area contributed by atoms with Crippen molar-refractivity contribution in [1.29, 1.82) is 0 Å². The number of ether oxygens (including phenoxy) is 2. The number of benzene rings is 1. The minimum Gasteiger partial charge on any atom is -0.488 e. The number of nitrogens with zero attached hydrogens (tertiary/aromatic N) is 3. The number of anilines is 1. The molecule has 3 rings (SSSR count). The van der Waals surface area contributed by atoms with Crippen LogP contribution in [0.25, 0.3) is 0 Å². The highest BCUT2D eigenvalue weighted by Gasteiger charge is 2.35. The van der Waals surface area contributed by atoms with Gasteiger partial charge in [0.05, 0.1) is 19.2 Å². The lowest BCUT2D eigenvalue weighted by atomic mass is 10.2. The lowest BCUT2D eigenvalue weighted by Crippen LogP contribution is -2.26. The molecule has 1 aliphatic rings. The lowest BCUT2D eigenvalue weighted by molar-refractivity contribution is -0.139. The summed E-state index contributed by atoms with van der Waals surface area (Å²) >= 11 is 0. The van der Waals surface area contributed by atoms with Gasteiger partial charge >= 0.3 is 12.1 Å². The van der Waals surface area contributed by atoms with Gasteiger partial charge in [-0.05, 0) is 24.3 Å². The van der Waals surface area contributed by atoms with Crippen LogP contribution < -0.4 is 9.64 Å². The molecule has 1 fully saturated rings. The molecule has 0 aliphatic carbocycles. The van der Waals surface area contributed by atoms with E-state index >= 15 is 0 Å². The minimum atomic E-state index is -4.47. The maximum absolute atomic E-state index is 13.0. The molecule has 26 heavy (non-hydrogen) atoms. The van der Waals surface area contributed by atoms with E-state index in [2.05, 4.69) is 14.9 Å². The van der Waals surface area contributed by atoms with Crippen LogP contribution in [-0.2, 0) is 10.9 Å². The smallest absolute Gasteiger partial charge is 0.419 e. The van der Waals surface area contributed by atoms with Gasteiger partial charge in [0, 0.05) is 13.0 Å². The fourth-order valence-corrected chi connectivity index (χ4v) is 2.72. The topological polar surface area (TPSA) is 64.5 Å². The number of rotatable bonds is 4. The van der Waals surface area contributed by atoms with E-state index in [1.807, 2.05) is 4.90 Å². The number of carbonyl (C=O) groups is 1. The molecule has 0 N–H and O–H groups in total. The van der Waals surface area contributed by atoms with E-state index in [9.17, 15) is 18.0 Å². The Balaban J connectivity index is 1.67. The van der Waals surface area contributed by atoms with E-state index in [1.165, 1.54) is 31.4 Å². The van der Waals surface area contributed by atoms with Crippen LogP contribution in [0.3, 0.4) is 0 Å². The predicted octanol–water partition coefficient (Wildman–Crippen LogP) is 2.94.